The van der Waals surface area contributed by atoms with E-state index in [0.29, 0.717) is 21.7 Å². The molecule has 0 atom stereocenters. The quantitative estimate of drug-likeness (QED) is 0.452. The number of hydrogen-bond donors (Lipinski definition) is 1. The summed E-state index contributed by atoms with van der Waals surface area (Å²) in [5, 5.41) is 10.4. The highest BCUT2D eigenvalue weighted by molar-refractivity contribution is 6.35. The Morgan fingerprint density at radius 1 is 0.735 bits per heavy atom. The number of carbonyl (C=O) groups is 4. The van der Waals surface area contributed by atoms with Crippen LogP contribution in [0.3, 0.4) is 0 Å². The highest BCUT2D eigenvalue weighted by Gasteiger charge is 2.42. The molecule has 2 aliphatic heterocycles. The first-order chi connectivity index (χ1) is 16.4. The van der Waals surface area contributed by atoms with Crippen LogP contribution < -0.4 is 10.2 Å². The molecule has 0 radical (unpaired) electrons. The maximum absolute atomic E-state index is 13.4. The maximum atomic E-state index is 13.4. The average Bonchev–Trinajstić information content (AvgIpc) is 3.49. The van der Waals surface area contributed by atoms with Crippen LogP contribution >= 0.6 is 11.6 Å². The van der Waals surface area contributed by atoms with E-state index in [1.165, 1.54) is 18.2 Å². The number of imide groups is 2. The molecule has 0 saturated heterocycles. The van der Waals surface area contributed by atoms with E-state index in [1.807, 2.05) is 0 Å². The summed E-state index contributed by atoms with van der Waals surface area (Å²) in [5.41, 5.74) is 2.14. The summed E-state index contributed by atoms with van der Waals surface area (Å²) >= 11 is 6.18. The zero-order valence-electron chi connectivity index (χ0n) is 17.0. The van der Waals surface area contributed by atoms with Gasteiger partial charge < -0.3 is 4.42 Å². The van der Waals surface area contributed by atoms with E-state index in [1.54, 1.807) is 42.5 Å². The van der Waals surface area contributed by atoms with Gasteiger partial charge in [-0.1, -0.05) is 47.0 Å². The number of carbonyl (C=O) groups excluding carboxylic acids is 4. The average molecular weight is 471 g/mol. The van der Waals surface area contributed by atoms with Crippen molar-refractivity contribution in [3.8, 4) is 22.6 Å². The summed E-state index contributed by atoms with van der Waals surface area (Å²) in [6.45, 7) is 0. The number of anilines is 1. The second kappa shape index (κ2) is 7.19. The van der Waals surface area contributed by atoms with Gasteiger partial charge in [-0.05, 0) is 41.5 Å². The molecular formula is C24H11ClN4O5. The summed E-state index contributed by atoms with van der Waals surface area (Å²) < 4.78 is 5.63. The van der Waals surface area contributed by atoms with E-state index in [9.17, 15) is 19.2 Å². The Kier molecular flexibility index (Phi) is 4.23. The molecule has 9 nitrogen and oxygen atoms in total. The molecule has 6 rings (SSSR count). The SMILES string of the molecule is O=C1NC(=O)c2cc(-c3cccc4c3C(=O)N(c3nnc(-c5ccccc5Cl)o3)C4=O)ccc21. The molecule has 2 aliphatic rings. The highest BCUT2D eigenvalue weighted by Crippen LogP contribution is 2.37. The Balaban J connectivity index is 1.42. The first-order valence-electron chi connectivity index (χ1n) is 10.0. The lowest BCUT2D eigenvalue weighted by molar-refractivity contribution is 0.0873. The molecule has 1 N–H and O–H groups in total. The van der Waals surface area contributed by atoms with Crippen molar-refractivity contribution in [3.63, 3.8) is 0 Å². The molecule has 0 saturated carbocycles. The standard InChI is InChI=1S/C24H11ClN4O5/c25-17-7-2-1-4-14(17)21-27-28-24(34-21)29-22(32)15-6-3-5-12(18(15)23(29)33)11-8-9-13-16(10-11)20(31)26-19(13)30/h1-10H,(H,26,30,31). The largest absolute Gasteiger partial charge is 0.403 e. The van der Waals surface area contributed by atoms with Crippen LogP contribution in [0.5, 0.6) is 0 Å². The first kappa shape index (κ1) is 20.0. The van der Waals surface area contributed by atoms with Gasteiger partial charge in [0.2, 0.25) is 0 Å². The van der Waals surface area contributed by atoms with E-state index in [0.717, 1.165) is 4.90 Å². The Hall–Kier alpha value is -4.63. The molecule has 4 amide bonds. The van der Waals surface area contributed by atoms with Gasteiger partial charge in [0.05, 0.1) is 32.8 Å². The van der Waals surface area contributed by atoms with Gasteiger partial charge in [0.1, 0.15) is 0 Å². The molecule has 10 heteroatoms. The van der Waals surface area contributed by atoms with Gasteiger partial charge in [0.25, 0.3) is 29.5 Å². The van der Waals surface area contributed by atoms with Gasteiger partial charge in [-0.2, -0.15) is 4.90 Å². The van der Waals surface area contributed by atoms with E-state index < -0.39 is 23.6 Å². The molecule has 0 spiro atoms. The third kappa shape index (κ3) is 2.81. The lowest BCUT2D eigenvalue weighted by Gasteiger charge is -2.09. The number of halogens is 1. The van der Waals surface area contributed by atoms with Crippen molar-refractivity contribution in [2.75, 3.05) is 4.90 Å². The maximum Gasteiger partial charge on any atom is 0.332 e. The lowest BCUT2D eigenvalue weighted by atomic mass is 9.94. The summed E-state index contributed by atoms with van der Waals surface area (Å²) in [7, 11) is 0. The predicted octanol–water partition coefficient (Wildman–Crippen LogP) is 3.74. The van der Waals surface area contributed by atoms with Crippen molar-refractivity contribution in [2.24, 2.45) is 0 Å². The number of rotatable bonds is 3. The topological polar surface area (TPSA) is 122 Å². The predicted molar refractivity (Wildman–Crippen MR) is 120 cm³/mol. The third-order valence-corrected chi connectivity index (χ3v) is 6.00. The molecule has 0 fully saturated rings. The molecule has 164 valence electrons. The number of nitrogens with zero attached hydrogens (tertiary/aromatic N) is 3. The number of amides is 4. The normalized spacial score (nSPS) is 14.4. The Morgan fingerprint density at radius 2 is 1.47 bits per heavy atom. The number of aromatic nitrogens is 2. The van der Waals surface area contributed by atoms with E-state index in [2.05, 4.69) is 15.5 Å². The molecule has 34 heavy (non-hydrogen) atoms. The number of nitrogens with one attached hydrogen (secondary N) is 1. The number of hydrogen-bond acceptors (Lipinski definition) is 7. The van der Waals surface area contributed by atoms with Crippen LogP contribution in [-0.4, -0.2) is 33.8 Å². The van der Waals surface area contributed by atoms with Crippen molar-refractivity contribution >= 4 is 41.2 Å². The molecule has 0 aliphatic carbocycles. The fourth-order valence-corrected chi connectivity index (χ4v) is 4.30. The monoisotopic (exact) mass is 470 g/mol. The molecule has 4 aromatic rings. The fraction of sp³-hybridized carbons (Fsp3) is 0. The van der Waals surface area contributed by atoms with Crippen LogP contribution in [0, 0.1) is 0 Å². The zero-order valence-corrected chi connectivity index (χ0v) is 17.8. The van der Waals surface area contributed by atoms with E-state index >= 15 is 0 Å². The van der Waals surface area contributed by atoms with Crippen LogP contribution in [0.1, 0.15) is 41.4 Å². The molecule has 0 unspecified atom stereocenters. The third-order valence-electron chi connectivity index (χ3n) is 5.67. The molecular weight excluding hydrogens is 460 g/mol. The first-order valence-corrected chi connectivity index (χ1v) is 10.4. The molecule has 3 aromatic carbocycles. The van der Waals surface area contributed by atoms with E-state index in [-0.39, 0.29) is 34.2 Å². The van der Waals surface area contributed by atoms with Gasteiger partial charge in [0, 0.05) is 0 Å². The molecule has 3 heterocycles. The van der Waals surface area contributed by atoms with Crippen LogP contribution in [0.25, 0.3) is 22.6 Å². The minimum atomic E-state index is -0.647. The van der Waals surface area contributed by atoms with Crippen molar-refractivity contribution < 1.29 is 23.6 Å². The summed E-state index contributed by atoms with van der Waals surface area (Å²) in [6, 6.07) is 16.0. The second-order valence-electron chi connectivity index (χ2n) is 7.59. The van der Waals surface area contributed by atoms with Crippen molar-refractivity contribution in [2.45, 2.75) is 0 Å². The second-order valence-corrected chi connectivity index (χ2v) is 7.99. The molecule has 1 aromatic heterocycles. The minimum Gasteiger partial charge on any atom is -0.403 e. The highest BCUT2D eigenvalue weighted by atomic mass is 35.5. The lowest BCUT2D eigenvalue weighted by Crippen LogP contribution is -2.29. The fourth-order valence-electron chi connectivity index (χ4n) is 4.08. The summed E-state index contributed by atoms with van der Waals surface area (Å²) in [6.07, 6.45) is 0. The van der Waals surface area contributed by atoms with Gasteiger partial charge in [-0.25, -0.2) is 0 Å². The van der Waals surface area contributed by atoms with Crippen LogP contribution in [-0.2, 0) is 0 Å². The zero-order chi connectivity index (χ0) is 23.6. The van der Waals surface area contributed by atoms with Crippen molar-refractivity contribution in [3.05, 3.63) is 87.9 Å². The van der Waals surface area contributed by atoms with Crippen LogP contribution in [0.2, 0.25) is 5.02 Å². The molecule has 0 bridgehead atoms. The van der Waals surface area contributed by atoms with Crippen molar-refractivity contribution in [1.82, 2.24) is 15.5 Å². The van der Waals surface area contributed by atoms with Crippen molar-refractivity contribution in [1.29, 1.82) is 0 Å². The number of benzene rings is 3. The minimum absolute atomic E-state index is 0.0617. The van der Waals surface area contributed by atoms with E-state index in [4.69, 9.17) is 16.0 Å². The Bertz CT molecular complexity index is 1590. The van der Waals surface area contributed by atoms with Gasteiger partial charge in [-0.15, -0.1) is 5.10 Å². The smallest absolute Gasteiger partial charge is 0.332 e. The summed E-state index contributed by atoms with van der Waals surface area (Å²) in [4.78, 5) is 51.3. The van der Waals surface area contributed by atoms with Gasteiger partial charge >= 0.3 is 6.01 Å². The van der Waals surface area contributed by atoms with Crippen LogP contribution in [0.15, 0.2) is 65.1 Å². The van der Waals surface area contributed by atoms with Gasteiger partial charge in [0.15, 0.2) is 0 Å². The number of fused-ring (bicyclic) bond motifs is 2. The summed E-state index contributed by atoms with van der Waals surface area (Å²) in [5.74, 6) is -2.20. The Labute approximate surface area is 196 Å². The van der Waals surface area contributed by atoms with Crippen LogP contribution in [0.4, 0.5) is 6.01 Å². The Morgan fingerprint density at radius 3 is 2.29 bits per heavy atom. The van der Waals surface area contributed by atoms with Gasteiger partial charge in [-0.3, -0.25) is 24.5 Å².